The van der Waals surface area contributed by atoms with Crippen molar-refractivity contribution in [2.45, 2.75) is 0 Å². The summed E-state index contributed by atoms with van der Waals surface area (Å²) < 4.78 is 11.7. The molecular weight excluding hydrogens is 423 g/mol. The lowest BCUT2D eigenvalue weighted by molar-refractivity contribution is -0.104. The minimum absolute atomic E-state index is 0.0948. The summed E-state index contributed by atoms with van der Waals surface area (Å²) >= 11 is 12.6. The Bertz CT molecular complexity index is 1020. The number of carbonyl (C=O) groups excluding carboxylic acids is 1. The number of halogens is 2. The number of aldehydes is 1. The summed E-state index contributed by atoms with van der Waals surface area (Å²) in [7, 11) is 3.39. The molecule has 1 heterocycles. The highest BCUT2D eigenvalue weighted by molar-refractivity contribution is 6.37. The maximum absolute atomic E-state index is 11.9. The van der Waals surface area contributed by atoms with Crippen LogP contribution in [0.2, 0.25) is 10.0 Å². The van der Waals surface area contributed by atoms with Gasteiger partial charge in [0.05, 0.1) is 22.3 Å². The maximum atomic E-state index is 11.9. The van der Waals surface area contributed by atoms with E-state index < -0.39 is 11.2 Å². The molecule has 9 nitrogen and oxygen atoms in total. The van der Waals surface area contributed by atoms with Crippen LogP contribution in [0.1, 0.15) is 0 Å². The highest BCUT2D eigenvalue weighted by atomic mass is 35.5. The molecule has 1 aromatic heterocycles. The smallest absolute Gasteiger partial charge is 0.349 e. The zero-order valence-corrected chi connectivity index (χ0v) is 17.1. The Kier molecular flexibility index (Phi) is 8.20. The molecule has 0 aliphatic heterocycles. The van der Waals surface area contributed by atoms with Crippen LogP contribution in [0.5, 0.6) is 5.75 Å². The molecule has 0 amide bonds. The van der Waals surface area contributed by atoms with Crippen molar-refractivity contribution >= 4 is 29.5 Å². The van der Waals surface area contributed by atoms with Gasteiger partial charge in [0.15, 0.2) is 5.75 Å². The van der Waals surface area contributed by atoms with Gasteiger partial charge in [-0.05, 0) is 24.3 Å². The van der Waals surface area contributed by atoms with Crippen LogP contribution in [0.15, 0.2) is 52.0 Å². The Balaban J connectivity index is 2.38. The number of rotatable bonds is 9. The van der Waals surface area contributed by atoms with Gasteiger partial charge in [0.25, 0.3) is 5.56 Å². The van der Waals surface area contributed by atoms with Crippen molar-refractivity contribution < 1.29 is 14.3 Å². The van der Waals surface area contributed by atoms with Crippen LogP contribution in [0.4, 0.5) is 0 Å². The maximum Gasteiger partial charge on any atom is 0.349 e. The fourth-order valence-corrected chi connectivity index (χ4v) is 2.73. The lowest BCUT2D eigenvalue weighted by atomic mass is 10.3. The van der Waals surface area contributed by atoms with Crippen LogP contribution >= 0.6 is 23.2 Å². The minimum Gasteiger partial charge on any atom is -0.453 e. The van der Waals surface area contributed by atoms with Crippen molar-refractivity contribution in [3.8, 4) is 11.4 Å². The van der Waals surface area contributed by atoms with E-state index in [1.165, 1.54) is 24.3 Å². The molecule has 0 aliphatic rings. The van der Waals surface area contributed by atoms with Crippen molar-refractivity contribution in [3.63, 3.8) is 0 Å². The van der Waals surface area contributed by atoms with Crippen molar-refractivity contribution in [2.75, 3.05) is 27.3 Å². The number of allylic oxidation sites excluding steroid dienone is 2. The summed E-state index contributed by atoms with van der Waals surface area (Å²) in [6.45, 7) is 1.08. The van der Waals surface area contributed by atoms with E-state index in [0.29, 0.717) is 25.2 Å². The lowest BCUT2D eigenvalue weighted by Crippen LogP contribution is -2.30. The highest BCUT2D eigenvalue weighted by Crippen LogP contribution is 2.36. The average molecular weight is 441 g/mol. The standard InChI is InChI=1S/C18H18Cl2N4O5/c1-23(5-7-28-2)11-13(4-3-6-25)29-17-14(19)8-12(9-15(17)20)24-18(27)22-16(26)10-21-24/h3-4,6,8-11H,5,7H2,1-2H3,(H,22,26,27)/b4-3-,13-11+. The summed E-state index contributed by atoms with van der Waals surface area (Å²) in [4.78, 5) is 37.7. The Morgan fingerprint density at radius 1 is 1.31 bits per heavy atom. The molecular formula is C18H18Cl2N4O5. The first-order valence-electron chi connectivity index (χ1n) is 8.24. The van der Waals surface area contributed by atoms with Crippen molar-refractivity contribution in [1.29, 1.82) is 0 Å². The SMILES string of the molecule is COCCN(C)/C=C(\C=C/C=O)Oc1c(Cl)cc(-n2ncc(=O)[nH]c2=O)cc1Cl. The second kappa shape index (κ2) is 10.6. The normalized spacial score (nSPS) is 11.7. The molecule has 0 saturated carbocycles. The number of ether oxygens (including phenoxy) is 2. The number of benzene rings is 1. The fourth-order valence-electron chi connectivity index (χ4n) is 2.18. The van der Waals surface area contributed by atoms with Crippen molar-refractivity contribution in [3.05, 3.63) is 73.3 Å². The quantitative estimate of drug-likeness (QED) is 0.274. The van der Waals surface area contributed by atoms with Crippen LogP contribution in [0.25, 0.3) is 5.69 Å². The summed E-state index contributed by atoms with van der Waals surface area (Å²) in [5, 5.41) is 3.94. The monoisotopic (exact) mass is 440 g/mol. The molecule has 29 heavy (non-hydrogen) atoms. The van der Waals surface area contributed by atoms with E-state index in [1.807, 2.05) is 0 Å². The number of likely N-dealkylation sites (N-methyl/N-ethyl adjacent to an activating group) is 1. The average Bonchev–Trinajstić information content (AvgIpc) is 2.66. The number of hydrogen-bond donors (Lipinski definition) is 1. The van der Waals surface area contributed by atoms with Gasteiger partial charge in [0.2, 0.25) is 0 Å². The van der Waals surface area contributed by atoms with Crippen LogP contribution in [0.3, 0.4) is 0 Å². The van der Waals surface area contributed by atoms with Gasteiger partial charge in [-0.3, -0.25) is 14.6 Å². The lowest BCUT2D eigenvalue weighted by Gasteiger charge is -2.17. The predicted molar refractivity (Wildman–Crippen MR) is 109 cm³/mol. The van der Waals surface area contributed by atoms with Gasteiger partial charge >= 0.3 is 5.69 Å². The summed E-state index contributed by atoms with van der Waals surface area (Å²) in [5.41, 5.74) is -1.13. The first-order chi connectivity index (χ1) is 13.8. The fraction of sp³-hybridized carbons (Fsp3) is 0.222. The number of aromatic nitrogens is 3. The summed E-state index contributed by atoms with van der Waals surface area (Å²) in [5.74, 6) is 0.420. The molecule has 1 aromatic carbocycles. The zero-order valence-electron chi connectivity index (χ0n) is 15.6. The summed E-state index contributed by atoms with van der Waals surface area (Å²) in [6, 6.07) is 2.82. The largest absolute Gasteiger partial charge is 0.453 e. The van der Waals surface area contributed by atoms with Gasteiger partial charge < -0.3 is 14.4 Å². The second-order valence-electron chi connectivity index (χ2n) is 5.69. The van der Waals surface area contributed by atoms with E-state index in [1.54, 1.807) is 25.3 Å². The van der Waals surface area contributed by atoms with Gasteiger partial charge in [-0.25, -0.2) is 4.79 Å². The van der Waals surface area contributed by atoms with E-state index in [4.69, 9.17) is 32.7 Å². The molecule has 2 rings (SSSR count). The molecule has 11 heteroatoms. The van der Waals surface area contributed by atoms with Crippen LogP contribution in [-0.2, 0) is 9.53 Å². The first-order valence-corrected chi connectivity index (χ1v) is 9.00. The number of methoxy groups -OCH3 is 1. The third-order valence-corrected chi connectivity index (χ3v) is 4.06. The van der Waals surface area contributed by atoms with Crippen molar-refractivity contribution in [1.82, 2.24) is 19.7 Å². The number of hydrogen-bond acceptors (Lipinski definition) is 7. The second-order valence-corrected chi connectivity index (χ2v) is 6.51. The Hall–Kier alpha value is -2.88. The molecule has 0 aliphatic carbocycles. The van der Waals surface area contributed by atoms with E-state index in [9.17, 15) is 14.4 Å². The molecule has 1 N–H and O–H groups in total. The van der Waals surface area contributed by atoms with E-state index in [-0.39, 0.29) is 21.5 Å². The van der Waals surface area contributed by atoms with E-state index in [0.717, 1.165) is 10.9 Å². The Morgan fingerprint density at radius 3 is 2.59 bits per heavy atom. The third kappa shape index (κ3) is 6.31. The van der Waals surface area contributed by atoms with Crippen LogP contribution in [0, 0.1) is 0 Å². The molecule has 0 spiro atoms. The van der Waals surface area contributed by atoms with Gasteiger partial charge in [0, 0.05) is 26.9 Å². The molecule has 0 bridgehead atoms. The predicted octanol–water partition coefficient (Wildman–Crippen LogP) is 1.78. The van der Waals surface area contributed by atoms with E-state index >= 15 is 0 Å². The van der Waals surface area contributed by atoms with E-state index in [2.05, 4.69) is 10.1 Å². The Labute approximate surface area is 175 Å². The summed E-state index contributed by atoms with van der Waals surface area (Å²) in [6.07, 6.45) is 5.91. The van der Waals surface area contributed by atoms with Gasteiger partial charge in [0.1, 0.15) is 18.2 Å². The molecule has 2 aromatic rings. The molecule has 0 radical (unpaired) electrons. The number of carbonyl (C=O) groups is 1. The molecule has 0 fully saturated rings. The minimum atomic E-state index is -0.743. The highest BCUT2D eigenvalue weighted by Gasteiger charge is 2.14. The molecule has 154 valence electrons. The van der Waals surface area contributed by atoms with Crippen LogP contribution in [-0.4, -0.2) is 53.3 Å². The van der Waals surface area contributed by atoms with Gasteiger partial charge in [-0.15, -0.1) is 0 Å². The zero-order chi connectivity index (χ0) is 21.4. The molecule has 0 unspecified atom stereocenters. The Morgan fingerprint density at radius 2 is 2.00 bits per heavy atom. The molecule has 0 atom stereocenters. The topological polar surface area (TPSA) is 107 Å². The van der Waals surface area contributed by atoms with Gasteiger partial charge in [-0.2, -0.15) is 9.78 Å². The third-order valence-electron chi connectivity index (χ3n) is 3.50. The van der Waals surface area contributed by atoms with Gasteiger partial charge in [-0.1, -0.05) is 23.2 Å². The van der Waals surface area contributed by atoms with Crippen molar-refractivity contribution in [2.24, 2.45) is 0 Å². The number of H-pyrrole nitrogens is 1. The number of nitrogens with one attached hydrogen (secondary N) is 1. The molecule has 0 saturated heterocycles. The first kappa shape index (κ1) is 22.4. The van der Waals surface area contributed by atoms with Crippen LogP contribution < -0.4 is 16.0 Å². The number of aromatic amines is 1. The number of nitrogens with zero attached hydrogens (tertiary/aromatic N) is 3.